The van der Waals surface area contributed by atoms with Crippen LogP contribution in [-0.2, 0) is 19.7 Å². The van der Waals surface area contributed by atoms with Gasteiger partial charge in [0.05, 0.1) is 17.4 Å². The average molecular weight is 414 g/mol. The number of likely N-dealkylation sites (tertiary alicyclic amines) is 1. The Hall–Kier alpha value is -2.98. The number of ether oxygens (including phenoxy) is 1. The lowest BCUT2D eigenvalue weighted by Crippen LogP contribution is -2.59. The van der Waals surface area contributed by atoms with Crippen LogP contribution in [0.5, 0.6) is 0 Å². The number of hydrogen-bond acceptors (Lipinski definition) is 3. The predicted octanol–water partition coefficient (Wildman–Crippen LogP) is 4.20. The van der Waals surface area contributed by atoms with Crippen molar-refractivity contribution in [1.82, 2.24) is 4.90 Å². The summed E-state index contributed by atoms with van der Waals surface area (Å²) in [5.74, 6) is -0.846. The third kappa shape index (κ3) is 2.29. The van der Waals surface area contributed by atoms with Gasteiger partial charge in [-0.15, -0.1) is 6.58 Å². The highest BCUT2D eigenvalue weighted by atomic mass is 16.5. The summed E-state index contributed by atoms with van der Waals surface area (Å²) in [6, 6.07) is 16.6. The first kappa shape index (κ1) is 20.0. The van der Waals surface area contributed by atoms with Crippen LogP contribution in [0.15, 0.2) is 73.8 Å². The van der Waals surface area contributed by atoms with E-state index in [0.717, 1.165) is 11.1 Å². The lowest BCUT2D eigenvalue weighted by Gasteiger charge is -2.57. The lowest BCUT2D eigenvalue weighted by atomic mass is 9.45. The fourth-order valence-electron chi connectivity index (χ4n) is 6.82. The van der Waals surface area contributed by atoms with E-state index in [9.17, 15) is 9.59 Å². The topological polar surface area (TPSA) is 46.6 Å². The first-order valence-electron chi connectivity index (χ1n) is 10.9. The molecule has 2 amide bonds. The smallest absolute Gasteiger partial charge is 0.252 e. The van der Waals surface area contributed by atoms with E-state index in [0.29, 0.717) is 6.42 Å². The maximum Gasteiger partial charge on any atom is 0.252 e. The molecular weight excluding hydrogens is 386 g/mol. The molecule has 0 aromatic heterocycles. The normalized spacial score (nSPS) is 30.9. The molecule has 1 heterocycles. The first-order chi connectivity index (χ1) is 15.0. The third-order valence-electron chi connectivity index (χ3n) is 7.84. The number of benzene rings is 2. The Kier molecular flexibility index (Phi) is 4.52. The van der Waals surface area contributed by atoms with E-state index in [1.165, 1.54) is 22.1 Å². The zero-order valence-corrected chi connectivity index (χ0v) is 18.0. The molecule has 4 aliphatic rings. The second kappa shape index (κ2) is 7.03. The molecule has 6 rings (SSSR count). The van der Waals surface area contributed by atoms with Crippen LogP contribution in [0.2, 0.25) is 0 Å². The van der Waals surface area contributed by atoms with Gasteiger partial charge in [0.25, 0.3) is 5.91 Å². The van der Waals surface area contributed by atoms with Crippen LogP contribution in [0.25, 0.3) is 0 Å². The number of amides is 2. The predicted molar refractivity (Wildman–Crippen MR) is 120 cm³/mol. The number of carbonyl (C=O) groups excluding carboxylic acids is 2. The van der Waals surface area contributed by atoms with Gasteiger partial charge < -0.3 is 4.74 Å². The molecule has 3 aliphatic carbocycles. The highest BCUT2D eigenvalue weighted by Gasteiger charge is 2.69. The van der Waals surface area contributed by atoms with Crippen molar-refractivity contribution in [2.24, 2.45) is 11.8 Å². The number of nitrogens with zero attached hydrogens (tertiary/aromatic N) is 1. The van der Waals surface area contributed by atoms with Gasteiger partial charge in [-0.1, -0.05) is 61.2 Å². The number of carbonyl (C=O) groups is 2. The second-order valence-electron chi connectivity index (χ2n) is 8.80. The average Bonchev–Trinajstić information content (AvgIpc) is 3.10. The molecule has 2 aromatic rings. The molecule has 4 nitrogen and oxygen atoms in total. The number of imide groups is 1. The summed E-state index contributed by atoms with van der Waals surface area (Å²) < 4.78 is 6.00. The molecule has 0 saturated carbocycles. The van der Waals surface area contributed by atoms with E-state index < -0.39 is 5.41 Å². The van der Waals surface area contributed by atoms with Gasteiger partial charge in [-0.2, -0.15) is 0 Å². The third-order valence-corrected chi connectivity index (χ3v) is 7.84. The van der Waals surface area contributed by atoms with E-state index in [4.69, 9.17) is 4.74 Å². The molecule has 2 aromatic carbocycles. The van der Waals surface area contributed by atoms with Crippen LogP contribution in [0.1, 0.15) is 41.5 Å². The molecule has 158 valence electrons. The van der Waals surface area contributed by atoms with E-state index >= 15 is 0 Å². The fourth-order valence-corrected chi connectivity index (χ4v) is 6.82. The number of hydrogen-bond donors (Lipinski definition) is 0. The summed E-state index contributed by atoms with van der Waals surface area (Å²) >= 11 is 0. The standard InChI is InChI=1S/C27H27NO3/c1-5-11-21-24-23-17-12-7-9-14-19(17)27(16(3)31-4,20-15-10-8-13-18(20)23)25(24)26(30)28(21)22(29)6-2/h5-10,12-16,21,23-25H,1-2,11H2,3-4H3/t16-,21+,23?,24+,25-,27?/m0/s1. The van der Waals surface area contributed by atoms with E-state index in [1.54, 1.807) is 7.11 Å². The van der Waals surface area contributed by atoms with Gasteiger partial charge >= 0.3 is 0 Å². The van der Waals surface area contributed by atoms with Gasteiger partial charge in [-0.3, -0.25) is 14.5 Å². The Morgan fingerprint density at radius 1 is 1.13 bits per heavy atom. The van der Waals surface area contributed by atoms with Crippen molar-refractivity contribution >= 4 is 11.8 Å². The zero-order valence-electron chi connectivity index (χ0n) is 18.0. The number of methoxy groups -OCH3 is 1. The number of rotatable bonds is 5. The van der Waals surface area contributed by atoms with Crippen LogP contribution in [-0.4, -0.2) is 36.0 Å². The minimum atomic E-state index is -0.659. The SMILES string of the molecule is C=CC[C@@H]1[C@@H]2C3c4ccccc4C([C@H](C)OC)(c4ccccc43)[C@@H]2C(=O)N1C(=O)C=C. The second-order valence-corrected chi connectivity index (χ2v) is 8.80. The van der Waals surface area contributed by atoms with Gasteiger partial charge in [0.1, 0.15) is 0 Å². The summed E-state index contributed by atoms with van der Waals surface area (Å²) in [7, 11) is 1.70. The quantitative estimate of drug-likeness (QED) is 0.545. The van der Waals surface area contributed by atoms with E-state index in [1.807, 2.05) is 25.1 Å². The monoisotopic (exact) mass is 413 g/mol. The van der Waals surface area contributed by atoms with Crippen LogP contribution >= 0.6 is 0 Å². The highest BCUT2D eigenvalue weighted by Crippen LogP contribution is 2.66. The minimum absolute atomic E-state index is 0.0415. The van der Waals surface area contributed by atoms with Gasteiger partial charge in [-0.25, -0.2) is 0 Å². The molecule has 4 heteroatoms. The summed E-state index contributed by atoms with van der Waals surface area (Å²) in [6.07, 6.45) is 3.37. The summed E-state index contributed by atoms with van der Waals surface area (Å²) in [6.45, 7) is 9.63. The summed E-state index contributed by atoms with van der Waals surface area (Å²) in [5.41, 5.74) is 4.11. The van der Waals surface area contributed by atoms with Crippen LogP contribution in [0.3, 0.4) is 0 Å². The first-order valence-corrected chi connectivity index (χ1v) is 10.9. The molecular formula is C27H27NO3. The van der Waals surface area contributed by atoms with E-state index in [-0.39, 0.29) is 41.7 Å². The molecule has 1 fully saturated rings. The van der Waals surface area contributed by atoms with Crippen molar-refractivity contribution in [1.29, 1.82) is 0 Å². The lowest BCUT2D eigenvalue weighted by molar-refractivity contribution is -0.144. The Morgan fingerprint density at radius 3 is 2.23 bits per heavy atom. The maximum absolute atomic E-state index is 14.0. The van der Waals surface area contributed by atoms with Crippen molar-refractivity contribution in [3.05, 3.63) is 96.1 Å². The van der Waals surface area contributed by atoms with Crippen LogP contribution in [0.4, 0.5) is 0 Å². The minimum Gasteiger partial charge on any atom is -0.380 e. The fraction of sp³-hybridized carbons (Fsp3) is 0.333. The highest BCUT2D eigenvalue weighted by molar-refractivity contribution is 6.05. The Morgan fingerprint density at radius 2 is 1.71 bits per heavy atom. The molecule has 4 atom stereocenters. The molecule has 1 aliphatic heterocycles. The molecule has 31 heavy (non-hydrogen) atoms. The molecule has 1 saturated heterocycles. The molecule has 0 spiro atoms. The molecule has 0 N–H and O–H groups in total. The van der Waals surface area contributed by atoms with Crippen molar-refractivity contribution < 1.29 is 14.3 Å². The zero-order chi connectivity index (χ0) is 21.9. The van der Waals surface area contributed by atoms with Gasteiger partial charge in [0.15, 0.2) is 0 Å². The van der Waals surface area contributed by atoms with Crippen LogP contribution in [0, 0.1) is 11.8 Å². The Labute approximate surface area is 183 Å². The van der Waals surface area contributed by atoms with Gasteiger partial charge in [0.2, 0.25) is 5.91 Å². The summed E-state index contributed by atoms with van der Waals surface area (Å²) in [5, 5.41) is 0. The molecule has 0 radical (unpaired) electrons. The maximum atomic E-state index is 14.0. The van der Waals surface area contributed by atoms with Crippen molar-refractivity contribution in [3.8, 4) is 0 Å². The Balaban J connectivity index is 1.88. The largest absolute Gasteiger partial charge is 0.380 e. The van der Waals surface area contributed by atoms with Crippen molar-refractivity contribution in [2.45, 2.75) is 36.8 Å². The molecule has 2 bridgehead atoms. The molecule has 0 unspecified atom stereocenters. The summed E-state index contributed by atoms with van der Waals surface area (Å²) in [4.78, 5) is 28.4. The van der Waals surface area contributed by atoms with Crippen molar-refractivity contribution in [2.75, 3.05) is 7.11 Å². The van der Waals surface area contributed by atoms with E-state index in [2.05, 4.69) is 49.6 Å². The van der Waals surface area contributed by atoms with Gasteiger partial charge in [0, 0.05) is 25.0 Å². The van der Waals surface area contributed by atoms with Crippen LogP contribution < -0.4 is 0 Å². The Bertz CT molecular complexity index is 1060. The van der Waals surface area contributed by atoms with Crippen molar-refractivity contribution in [3.63, 3.8) is 0 Å². The van der Waals surface area contributed by atoms with Gasteiger partial charge in [-0.05, 0) is 41.7 Å².